The third-order valence-electron chi connectivity index (χ3n) is 8.80. The number of Topliss-reactive ketones (excluding diaryl/α,β-unsaturated/α-hetero) is 1. The number of hydrogen-bond acceptors (Lipinski definition) is 4. The first-order valence-corrected chi connectivity index (χ1v) is 12.7. The van der Waals surface area contributed by atoms with Gasteiger partial charge in [-0.05, 0) is 86.5 Å². The van der Waals surface area contributed by atoms with Crippen molar-refractivity contribution in [1.29, 1.82) is 0 Å². The van der Waals surface area contributed by atoms with E-state index >= 15 is 0 Å². The quantitative estimate of drug-likeness (QED) is 0.660. The fraction of sp³-hybridized carbons (Fsp3) is 0.741. The van der Waals surface area contributed by atoms with E-state index in [0.29, 0.717) is 36.4 Å². The summed E-state index contributed by atoms with van der Waals surface area (Å²) in [4.78, 5) is 12.1. The minimum Gasteiger partial charge on any atom is -0.508 e. The number of aryl methyl sites for hydroxylation is 1. The lowest BCUT2D eigenvalue weighted by Gasteiger charge is -2.46. The summed E-state index contributed by atoms with van der Waals surface area (Å²) in [6.45, 7) is 2.39. The normalized spacial score (nSPS) is 35.3. The Kier molecular flexibility index (Phi) is 6.13. The molecule has 170 valence electrons. The van der Waals surface area contributed by atoms with Crippen molar-refractivity contribution in [3.05, 3.63) is 29.3 Å². The van der Waals surface area contributed by atoms with Crippen molar-refractivity contribution < 1.29 is 19.4 Å². The predicted molar refractivity (Wildman–Crippen MR) is 120 cm³/mol. The number of fused-ring (bicyclic) bond motifs is 5. The van der Waals surface area contributed by atoms with Crippen LogP contribution in [0.1, 0.15) is 94.6 Å². The van der Waals surface area contributed by atoms with Gasteiger partial charge in [-0.25, -0.2) is 0 Å². The highest BCUT2D eigenvalue weighted by molar-refractivity contribution is 5.88. The Morgan fingerprint density at radius 1 is 1.00 bits per heavy atom. The summed E-state index contributed by atoms with van der Waals surface area (Å²) in [6.07, 6.45) is 16.3. The van der Waals surface area contributed by atoms with Gasteiger partial charge in [0.15, 0.2) is 5.78 Å². The van der Waals surface area contributed by atoms with Gasteiger partial charge in [0.1, 0.15) is 12.4 Å². The van der Waals surface area contributed by atoms with E-state index in [1.807, 2.05) is 6.07 Å². The van der Waals surface area contributed by atoms with E-state index in [4.69, 9.17) is 9.47 Å². The number of benzene rings is 1. The number of phenolic OH excluding ortho intramolecular Hbond substituents is 1. The lowest BCUT2D eigenvalue weighted by molar-refractivity contribution is -0.126. The summed E-state index contributed by atoms with van der Waals surface area (Å²) in [7, 11) is 0. The summed E-state index contributed by atoms with van der Waals surface area (Å²) in [5.74, 6) is 1.59. The first kappa shape index (κ1) is 21.5. The number of carbonyl (C=O) groups is 1. The molecule has 1 aliphatic heterocycles. The van der Waals surface area contributed by atoms with Gasteiger partial charge in [0, 0.05) is 0 Å². The molecule has 0 spiro atoms. The molecule has 4 fully saturated rings. The number of rotatable bonds is 2. The second-order valence-corrected chi connectivity index (χ2v) is 10.8. The molecule has 0 aromatic heterocycles. The number of aromatic hydroxyl groups is 1. The molecule has 5 aliphatic rings. The van der Waals surface area contributed by atoms with Gasteiger partial charge in [0.05, 0.1) is 23.7 Å². The highest BCUT2D eigenvalue weighted by Crippen LogP contribution is 2.55. The molecular formula is C27H38O4. The fourth-order valence-corrected chi connectivity index (χ4v) is 6.98. The van der Waals surface area contributed by atoms with Crippen LogP contribution in [0, 0.1) is 11.3 Å². The van der Waals surface area contributed by atoms with Gasteiger partial charge in [-0.1, -0.05) is 38.7 Å². The van der Waals surface area contributed by atoms with Gasteiger partial charge in [0.25, 0.3) is 0 Å². The Morgan fingerprint density at radius 2 is 1.68 bits per heavy atom. The third kappa shape index (κ3) is 4.18. The predicted octanol–water partition coefficient (Wildman–Crippen LogP) is 5.69. The van der Waals surface area contributed by atoms with Gasteiger partial charge in [0.2, 0.25) is 0 Å². The lowest BCUT2D eigenvalue weighted by atomic mass is 9.58. The van der Waals surface area contributed by atoms with Crippen molar-refractivity contribution in [3.63, 3.8) is 0 Å². The maximum Gasteiger partial charge on any atom is 0.166 e. The van der Waals surface area contributed by atoms with Crippen LogP contribution in [-0.4, -0.2) is 35.8 Å². The molecule has 0 radical (unpaired) electrons. The third-order valence-corrected chi connectivity index (χ3v) is 8.80. The van der Waals surface area contributed by atoms with Crippen LogP contribution in [0.5, 0.6) is 5.75 Å². The molecule has 3 saturated carbocycles. The van der Waals surface area contributed by atoms with Crippen LogP contribution in [0.2, 0.25) is 0 Å². The molecule has 0 bridgehead atoms. The second kappa shape index (κ2) is 8.86. The summed E-state index contributed by atoms with van der Waals surface area (Å²) in [5, 5.41) is 9.64. The number of ether oxygens (including phenoxy) is 2. The number of carbonyl (C=O) groups excluding carboxylic acids is 1. The fourth-order valence-electron chi connectivity index (χ4n) is 6.98. The van der Waals surface area contributed by atoms with Crippen molar-refractivity contribution in [1.82, 2.24) is 0 Å². The zero-order valence-corrected chi connectivity index (χ0v) is 19.0. The Bertz CT molecular complexity index is 778. The molecule has 4 aliphatic carbocycles. The van der Waals surface area contributed by atoms with Crippen LogP contribution in [-0.2, 0) is 20.7 Å². The highest BCUT2D eigenvalue weighted by Gasteiger charge is 2.56. The first-order chi connectivity index (χ1) is 15.0. The van der Waals surface area contributed by atoms with Crippen LogP contribution in [0.4, 0.5) is 0 Å². The molecule has 1 N–H and O–H groups in total. The van der Waals surface area contributed by atoms with Crippen molar-refractivity contribution in [3.8, 4) is 5.75 Å². The van der Waals surface area contributed by atoms with Crippen LogP contribution in [0.25, 0.3) is 0 Å². The molecule has 0 unspecified atom stereocenters. The van der Waals surface area contributed by atoms with Gasteiger partial charge in [-0.3, -0.25) is 4.79 Å². The van der Waals surface area contributed by atoms with Crippen molar-refractivity contribution in [2.45, 2.75) is 108 Å². The Hall–Kier alpha value is -1.39. The van der Waals surface area contributed by atoms with Gasteiger partial charge >= 0.3 is 0 Å². The maximum absolute atomic E-state index is 12.1. The van der Waals surface area contributed by atoms with E-state index in [2.05, 4.69) is 13.0 Å². The molecule has 1 aromatic rings. The molecule has 0 amide bonds. The van der Waals surface area contributed by atoms with Gasteiger partial charge in [-0.15, -0.1) is 0 Å². The zero-order chi connectivity index (χ0) is 21.4. The average Bonchev–Trinajstić information content (AvgIpc) is 3.52. The van der Waals surface area contributed by atoms with E-state index in [-0.39, 0.29) is 17.3 Å². The molecule has 6 rings (SSSR count). The van der Waals surface area contributed by atoms with Crippen LogP contribution in [0.3, 0.4) is 0 Å². The van der Waals surface area contributed by atoms with E-state index in [1.165, 1.54) is 62.5 Å². The van der Waals surface area contributed by atoms with E-state index in [1.54, 1.807) is 6.07 Å². The van der Waals surface area contributed by atoms with Gasteiger partial charge in [-0.2, -0.15) is 0 Å². The molecule has 4 heteroatoms. The summed E-state index contributed by atoms with van der Waals surface area (Å²) < 4.78 is 11.9. The molecule has 4 atom stereocenters. The SMILES string of the molecule is C1CCC(OC2CCCC2)C1.C[C@]12CC[C@@H]3c4ccc(O)cc4CC[C@H]3[C@@H]1OCC2=O. The van der Waals surface area contributed by atoms with E-state index < -0.39 is 0 Å². The van der Waals surface area contributed by atoms with Gasteiger partial charge < -0.3 is 14.6 Å². The molecule has 31 heavy (non-hydrogen) atoms. The second-order valence-electron chi connectivity index (χ2n) is 10.8. The number of phenols is 1. The Labute approximate surface area is 186 Å². The van der Waals surface area contributed by atoms with Crippen LogP contribution >= 0.6 is 0 Å². The minimum absolute atomic E-state index is 0.0932. The molecule has 1 aromatic carbocycles. The smallest absolute Gasteiger partial charge is 0.166 e. The van der Waals surface area contributed by atoms with Crippen LogP contribution in [0.15, 0.2) is 18.2 Å². The van der Waals surface area contributed by atoms with E-state index in [0.717, 1.165) is 25.7 Å². The molecule has 4 nitrogen and oxygen atoms in total. The summed E-state index contributed by atoms with van der Waals surface area (Å²) in [6, 6.07) is 5.76. The lowest BCUT2D eigenvalue weighted by Crippen LogP contribution is -2.46. The molecular weight excluding hydrogens is 388 g/mol. The molecule has 1 heterocycles. The number of hydrogen-bond donors (Lipinski definition) is 1. The van der Waals surface area contributed by atoms with Crippen LogP contribution < -0.4 is 0 Å². The summed E-state index contributed by atoms with van der Waals surface area (Å²) >= 11 is 0. The van der Waals surface area contributed by atoms with Crippen molar-refractivity contribution in [2.75, 3.05) is 6.61 Å². The minimum atomic E-state index is -0.254. The van der Waals surface area contributed by atoms with Crippen molar-refractivity contribution in [2.24, 2.45) is 11.3 Å². The van der Waals surface area contributed by atoms with E-state index in [9.17, 15) is 9.90 Å². The zero-order valence-electron chi connectivity index (χ0n) is 19.0. The van der Waals surface area contributed by atoms with Crippen molar-refractivity contribution >= 4 is 5.78 Å². The standard InChI is InChI=1S/C17H20O3.C10H18O/c1-17-7-6-13-12-5-3-11(18)8-10(12)2-4-14(13)16(17)20-9-15(17)19;1-2-6-9(5-1)11-10-7-3-4-8-10/h3,5,8,13-14,16,18H,2,4,6-7,9H2,1H3;9-10H,1-8H2/t13-,14-,16+,17-;/m1./s1. The largest absolute Gasteiger partial charge is 0.508 e. The Morgan fingerprint density at radius 3 is 2.35 bits per heavy atom. The first-order valence-electron chi connectivity index (χ1n) is 12.7. The average molecular weight is 427 g/mol. The topological polar surface area (TPSA) is 55.8 Å². The summed E-state index contributed by atoms with van der Waals surface area (Å²) in [5.41, 5.74) is 2.39. The monoisotopic (exact) mass is 426 g/mol. The Balaban J connectivity index is 0.000000157. The molecule has 1 saturated heterocycles. The highest BCUT2D eigenvalue weighted by atomic mass is 16.5. The maximum atomic E-state index is 12.1. The number of ketones is 1.